The van der Waals surface area contributed by atoms with Crippen molar-refractivity contribution in [3.63, 3.8) is 0 Å². The van der Waals surface area contributed by atoms with E-state index in [1.807, 2.05) is 13.8 Å². The molecule has 4 aromatic rings. The fourth-order valence-corrected chi connectivity index (χ4v) is 5.48. The molecule has 7 atom stereocenters. The molecule has 4 aromatic heterocycles. The Kier molecular flexibility index (Phi) is 6.96. The van der Waals surface area contributed by atoms with Crippen LogP contribution in [0, 0.1) is 0 Å². The number of fused-ring (bicyclic) bond motifs is 2. The number of imidazole rings is 2. The van der Waals surface area contributed by atoms with Gasteiger partial charge in [-0.25, -0.2) is 9.97 Å². The number of hydrogen-bond acceptors (Lipinski definition) is 15. The number of nitrogens with one attached hydrogen (secondary N) is 4. The van der Waals surface area contributed by atoms with Crippen LogP contribution in [0.4, 0.5) is 11.9 Å². The van der Waals surface area contributed by atoms with Crippen molar-refractivity contribution in [3.05, 3.63) is 33.4 Å². The normalized spacial score (nSPS) is 28.4. The van der Waals surface area contributed by atoms with Gasteiger partial charge < -0.3 is 36.3 Å². The van der Waals surface area contributed by atoms with Crippen LogP contribution < -0.4 is 33.2 Å². The quantitative estimate of drug-likeness (QED) is 0.0907. The maximum atomic E-state index is 12.2. The lowest BCUT2D eigenvalue weighted by atomic mass is 10.0. The predicted molar refractivity (Wildman–Crippen MR) is 146 cm³/mol. The van der Waals surface area contributed by atoms with Crippen LogP contribution >= 0.6 is 0 Å². The summed E-state index contributed by atoms with van der Waals surface area (Å²) in [6.07, 6.45) is -2.17. The van der Waals surface area contributed by atoms with Crippen molar-refractivity contribution in [1.29, 1.82) is 0 Å². The minimum absolute atomic E-state index is 0.0297. The molecular weight excluding hydrogens is 556 g/mol. The third-order valence-electron chi connectivity index (χ3n) is 7.52. The predicted octanol–water partition coefficient (Wildman–Crippen LogP) is -3.40. The highest BCUT2D eigenvalue weighted by atomic mass is 16.5. The monoisotopic (exact) mass is 588 g/mol. The van der Waals surface area contributed by atoms with E-state index in [0.717, 1.165) is 0 Å². The number of nitrogens with two attached hydrogens (primary N) is 2. The van der Waals surface area contributed by atoms with Gasteiger partial charge in [0, 0.05) is 13.0 Å². The fourth-order valence-electron chi connectivity index (χ4n) is 5.48. The van der Waals surface area contributed by atoms with Crippen molar-refractivity contribution >= 4 is 34.2 Å². The van der Waals surface area contributed by atoms with Crippen LogP contribution in [-0.2, 0) is 9.47 Å². The van der Waals surface area contributed by atoms with Gasteiger partial charge in [-0.2, -0.15) is 9.97 Å². The maximum absolute atomic E-state index is 12.2. The van der Waals surface area contributed by atoms with Gasteiger partial charge in [-0.05, 0) is 13.8 Å². The van der Waals surface area contributed by atoms with E-state index in [1.54, 1.807) is 4.57 Å². The Hall–Kier alpha value is -3.98. The van der Waals surface area contributed by atoms with Gasteiger partial charge in [0.15, 0.2) is 28.6 Å². The molecule has 19 nitrogen and oxygen atoms in total. The number of ether oxygens (including phenoxy) is 2. The number of aromatic amines is 2. The SMILES string of the molecule is CC(C)(NC[C@H]1O[C@@H](n2cnc3c(=O)[nH]c(N)nc32)C[C@@H]1O)N[C@H]1[C@@H](O)[C@H](n2cnc3c(=O)[nH]c(N)nc32)O[C@@H]1CO. The lowest BCUT2D eigenvalue weighted by Crippen LogP contribution is -2.62. The van der Waals surface area contributed by atoms with Crippen molar-refractivity contribution in [3.8, 4) is 0 Å². The topological polar surface area (TPSA) is 282 Å². The largest absolute Gasteiger partial charge is 0.394 e. The number of anilines is 2. The van der Waals surface area contributed by atoms with Crippen LogP contribution in [0.25, 0.3) is 22.3 Å². The lowest BCUT2D eigenvalue weighted by Gasteiger charge is -2.35. The van der Waals surface area contributed by atoms with Gasteiger partial charge in [-0.3, -0.25) is 39.3 Å². The second-order valence-corrected chi connectivity index (χ2v) is 10.9. The Balaban J connectivity index is 1.13. The summed E-state index contributed by atoms with van der Waals surface area (Å²) in [7, 11) is 0. The van der Waals surface area contributed by atoms with E-state index >= 15 is 0 Å². The van der Waals surface area contributed by atoms with Gasteiger partial charge in [-0.1, -0.05) is 0 Å². The van der Waals surface area contributed by atoms with E-state index in [9.17, 15) is 24.9 Å². The summed E-state index contributed by atoms with van der Waals surface area (Å²) in [5.41, 5.74) is 10.0. The Morgan fingerprint density at radius 3 is 2.21 bits per heavy atom. The zero-order chi connectivity index (χ0) is 29.9. The Morgan fingerprint density at radius 1 is 1.00 bits per heavy atom. The first-order chi connectivity index (χ1) is 20.0. The standard InChI is InChI=1S/C23H32N12O7/c1-23(2,28-4-9-8(37)3-11(41-9)34-6-26-13-16(34)29-21(24)31-18(13)39)33-12-10(5-36)42-20(15(12)38)35-7-27-14-17(35)30-22(25)32-19(14)40/h6-12,15,20,28,33,36-38H,3-5H2,1-2H3,(H3,24,29,31,39)(H3,25,30,32,40)/t8-,9+,10+,11+,12+,15+,20+/m0/s1. The summed E-state index contributed by atoms with van der Waals surface area (Å²) in [6.45, 7) is 3.43. The first-order valence-corrected chi connectivity index (χ1v) is 13.2. The molecule has 0 amide bonds. The van der Waals surface area contributed by atoms with Crippen LogP contribution in [0.1, 0.15) is 32.7 Å². The number of hydrogen-bond donors (Lipinski definition) is 9. The van der Waals surface area contributed by atoms with Crippen molar-refractivity contribution in [1.82, 2.24) is 49.7 Å². The molecule has 2 fully saturated rings. The molecule has 6 heterocycles. The molecule has 0 spiro atoms. The summed E-state index contributed by atoms with van der Waals surface area (Å²) in [5, 5.41) is 38.6. The van der Waals surface area contributed by atoms with Gasteiger partial charge in [-0.15, -0.1) is 0 Å². The van der Waals surface area contributed by atoms with E-state index in [4.69, 9.17) is 20.9 Å². The van der Waals surface area contributed by atoms with Gasteiger partial charge in [0.05, 0.1) is 43.2 Å². The van der Waals surface area contributed by atoms with Crippen LogP contribution in [0.2, 0.25) is 0 Å². The van der Waals surface area contributed by atoms with Crippen molar-refractivity contribution < 1.29 is 24.8 Å². The van der Waals surface area contributed by atoms with Gasteiger partial charge in [0.1, 0.15) is 18.4 Å². The number of rotatable bonds is 8. The summed E-state index contributed by atoms with van der Waals surface area (Å²) < 4.78 is 15.0. The second-order valence-electron chi connectivity index (χ2n) is 10.9. The minimum Gasteiger partial charge on any atom is -0.394 e. The molecule has 2 aliphatic heterocycles. The van der Waals surface area contributed by atoms with E-state index in [2.05, 4.69) is 40.5 Å². The first-order valence-electron chi connectivity index (χ1n) is 13.2. The van der Waals surface area contributed by atoms with Crippen LogP contribution in [0.5, 0.6) is 0 Å². The molecule has 0 unspecified atom stereocenters. The van der Waals surface area contributed by atoms with Crippen molar-refractivity contribution in [2.75, 3.05) is 24.6 Å². The first kappa shape index (κ1) is 28.2. The molecule has 11 N–H and O–H groups in total. The molecule has 0 bridgehead atoms. The second kappa shape index (κ2) is 10.4. The summed E-state index contributed by atoms with van der Waals surface area (Å²) in [4.78, 5) is 45.5. The van der Waals surface area contributed by atoms with E-state index in [1.165, 1.54) is 17.2 Å². The van der Waals surface area contributed by atoms with Gasteiger partial charge >= 0.3 is 0 Å². The molecule has 2 saturated heterocycles. The van der Waals surface area contributed by atoms with Crippen molar-refractivity contribution in [2.45, 2.75) is 68.8 Å². The smallest absolute Gasteiger partial charge is 0.280 e. The molecule has 6 rings (SSSR count). The van der Waals surface area contributed by atoms with Crippen molar-refractivity contribution in [2.24, 2.45) is 0 Å². The molecule has 0 radical (unpaired) electrons. The van der Waals surface area contributed by atoms with E-state index in [0.29, 0.717) is 0 Å². The number of aromatic nitrogens is 8. The average molecular weight is 589 g/mol. The third kappa shape index (κ3) is 4.89. The lowest BCUT2D eigenvalue weighted by molar-refractivity contribution is -0.0491. The average Bonchev–Trinajstić information content (AvgIpc) is 3.68. The van der Waals surface area contributed by atoms with E-state index < -0.39 is 66.3 Å². The van der Waals surface area contributed by atoms with Crippen LogP contribution in [-0.4, -0.2) is 104 Å². The van der Waals surface area contributed by atoms with E-state index in [-0.39, 0.29) is 47.2 Å². The zero-order valence-electron chi connectivity index (χ0n) is 22.6. The summed E-state index contributed by atoms with van der Waals surface area (Å²) in [6, 6.07) is -0.756. The number of aliphatic hydroxyl groups excluding tert-OH is 3. The maximum Gasteiger partial charge on any atom is 0.280 e. The molecule has 226 valence electrons. The Labute approximate surface area is 235 Å². The molecule has 0 saturated carbocycles. The van der Waals surface area contributed by atoms with Gasteiger partial charge in [0.25, 0.3) is 11.1 Å². The molecule has 0 aliphatic carbocycles. The number of nitrogen functional groups attached to an aromatic ring is 2. The highest BCUT2D eigenvalue weighted by Crippen LogP contribution is 2.33. The summed E-state index contributed by atoms with van der Waals surface area (Å²) in [5.74, 6) is -0.176. The number of H-pyrrole nitrogens is 2. The van der Waals surface area contributed by atoms with Crippen LogP contribution in [0.15, 0.2) is 22.2 Å². The number of nitrogens with zero attached hydrogens (tertiary/aromatic N) is 6. The minimum atomic E-state index is -1.18. The number of aliphatic hydroxyl groups is 3. The third-order valence-corrected chi connectivity index (χ3v) is 7.52. The summed E-state index contributed by atoms with van der Waals surface area (Å²) >= 11 is 0. The highest BCUT2D eigenvalue weighted by molar-refractivity contribution is 5.71. The fraction of sp³-hybridized carbons (Fsp3) is 0.565. The Morgan fingerprint density at radius 2 is 1.60 bits per heavy atom. The molecule has 42 heavy (non-hydrogen) atoms. The zero-order valence-corrected chi connectivity index (χ0v) is 22.6. The molecule has 2 aliphatic rings. The Bertz CT molecular complexity index is 1730. The molecule has 0 aromatic carbocycles. The van der Waals surface area contributed by atoms with Crippen LogP contribution in [0.3, 0.4) is 0 Å². The van der Waals surface area contributed by atoms with Gasteiger partial charge in [0.2, 0.25) is 11.9 Å². The molecule has 19 heteroatoms. The molecular formula is C23H32N12O7. The highest BCUT2D eigenvalue weighted by Gasteiger charge is 2.47.